The van der Waals surface area contributed by atoms with Gasteiger partial charge in [-0.25, -0.2) is 0 Å². The zero-order valence-corrected chi connectivity index (χ0v) is 11.9. The monoisotopic (exact) mass is 422 g/mol. The molecule has 0 saturated carbocycles. The molecule has 5 nitrogen and oxygen atoms in total. The van der Waals surface area contributed by atoms with E-state index >= 15 is 0 Å². The first kappa shape index (κ1) is 22.7. The van der Waals surface area contributed by atoms with Crippen molar-refractivity contribution >= 4 is 33.5 Å². The van der Waals surface area contributed by atoms with Crippen molar-refractivity contribution in [1.82, 2.24) is 0 Å². The SMILES string of the molecule is O.O[Si](O)(O)O.[SbH3].[W]. The van der Waals surface area contributed by atoms with E-state index < -0.39 is 9.05 Å². The van der Waals surface area contributed by atoms with Gasteiger partial charge < -0.3 is 24.7 Å². The average molecular weight is 423 g/mol. The Balaban J connectivity index is -0.0000000267. The second-order valence-electron chi connectivity index (χ2n) is 0.600. The van der Waals surface area contributed by atoms with Gasteiger partial charge in [0.15, 0.2) is 0 Å². The third-order valence-corrected chi connectivity index (χ3v) is 0. The van der Waals surface area contributed by atoms with Gasteiger partial charge in [0.2, 0.25) is 0 Å². The van der Waals surface area contributed by atoms with Crippen LogP contribution in [0, 0.1) is 0 Å². The maximum Gasteiger partial charge on any atom is 0 e. The Hall–Kier alpha value is 1.52. The van der Waals surface area contributed by atoms with E-state index in [-0.39, 0.29) is 51.0 Å². The minimum Gasteiger partial charge on any atom is 0 e. The molecule has 0 unspecified atom stereocenters. The molecule has 54 valence electrons. The van der Waals surface area contributed by atoms with Crippen LogP contribution in [0.2, 0.25) is 0 Å². The zero-order valence-electron chi connectivity index (χ0n) is 3.90. The van der Waals surface area contributed by atoms with E-state index in [4.69, 9.17) is 19.2 Å². The molecule has 0 aliphatic heterocycles. The van der Waals surface area contributed by atoms with E-state index in [1.54, 1.807) is 0 Å². The van der Waals surface area contributed by atoms with Crippen LogP contribution in [0.3, 0.4) is 0 Å². The van der Waals surface area contributed by atoms with Crippen molar-refractivity contribution < 1.29 is 45.7 Å². The quantitative estimate of drug-likeness (QED) is 0.294. The van der Waals surface area contributed by atoms with E-state index in [1.807, 2.05) is 0 Å². The summed E-state index contributed by atoms with van der Waals surface area (Å²) in [6.45, 7) is 0. The van der Waals surface area contributed by atoms with Crippen molar-refractivity contribution in [1.29, 1.82) is 0 Å². The normalized spacial score (nSPS) is 7.50. The smallest absolute Gasteiger partial charge is 0 e. The molecule has 0 aromatic rings. The summed E-state index contributed by atoms with van der Waals surface area (Å²) in [5.41, 5.74) is 0. The zero-order chi connectivity index (χ0) is 4.50. The fourth-order valence-electron chi connectivity index (χ4n) is 0. The van der Waals surface area contributed by atoms with E-state index in [1.165, 1.54) is 0 Å². The van der Waals surface area contributed by atoms with Crippen LogP contribution < -0.4 is 0 Å². The van der Waals surface area contributed by atoms with Crippen molar-refractivity contribution in [2.45, 2.75) is 0 Å². The van der Waals surface area contributed by atoms with Crippen molar-refractivity contribution in [3.8, 4) is 0 Å². The number of rotatable bonds is 0. The van der Waals surface area contributed by atoms with Crippen LogP contribution in [0.15, 0.2) is 0 Å². The Morgan fingerprint density at radius 2 is 0.875 bits per heavy atom. The van der Waals surface area contributed by atoms with Crippen LogP contribution in [0.5, 0.6) is 0 Å². The van der Waals surface area contributed by atoms with Crippen LogP contribution in [0.25, 0.3) is 0 Å². The van der Waals surface area contributed by atoms with Crippen molar-refractivity contribution in [2.24, 2.45) is 0 Å². The van der Waals surface area contributed by atoms with Gasteiger partial charge in [0.1, 0.15) is 0 Å². The summed E-state index contributed by atoms with van der Waals surface area (Å²) < 4.78 is 0. The predicted molar refractivity (Wildman–Crippen MR) is 28.2 cm³/mol. The molecule has 8 heavy (non-hydrogen) atoms. The van der Waals surface area contributed by atoms with E-state index in [2.05, 4.69) is 0 Å². The molecule has 0 fully saturated rings. The number of hydrogen-bond donors (Lipinski definition) is 4. The van der Waals surface area contributed by atoms with Gasteiger partial charge >= 0.3 is 33.5 Å². The molecule has 0 bridgehead atoms. The summed E-state index contributed by atoms with van der Waals surface area (Å²) >= 11 is 0. The average Bonchev–Trinajstić information content (AvgIpc) is 0.722. The second-order valence-corrected chi connectivity index (χ2v) is 1.80. The topological polar surface area (TPSA) is 112 Å². The Morgan fingerprint density at radius 1 is 0.875 bits per heavy atom. The molecule has 0 aliphatic rings. The summed E-state index contributed by atoms with van der Waals surface area (Å²) in [5.74, 6) is 0. The standard InChI is InChI=1S/H4O4Si.H2O.Sb.W.3H/c1-5(2,3)4;;;;;;/h1-4H;1H2;;;;;. The summed E-state index contributed by atoms with van der Waals surface area (Å²) in [6, 6.07) is 0. The molecular weight excluding hydrogens is 414 g/mol. The fraction of sp³-hybridized carbons (Fsp3) is 0. The van der Waals surface area contributed by atoms with Crippen molar-refractivity contribution in [3.05, 3.63) is 0 Å². The van der Waals surface area contributed by atoms with E-state index in [0.717, 1.165) is 0 Å². The molecule has 0 aromatic heterocycles. The van der Waals surface area contributed by atoms with Gasteiger partial charge in [-0.15, -0.1) is 0 Å². The maximum absolute atomic E-state index is 7.33. The van der Waals surface area contributed by atoms with Crippen LogP contribution in [-0.2, 0) is 21.1 Å². The minimum atomic E-state index is -4.61. The first-order valence-electron chi connectivity index (χ1n) is 0.894. The molecule has 0 aromatic carbocycles. The van der Waals surface area contributed by atoms with Gasteiger partial charge in [-0.05, 0) is 0 Å². The fourth-order valence-corrected chi connectivity index (χ4v) is 0. The number of hydrogen-bond acceptors (Lipinski definition) is 4. The third kappa shape index (κ3) is 138. The molecule has 0 spiro atoms. The molecule has 0 saturated heterocycles. The van der Waals surface area contributed by atoms with Crippen LogP contribution in [-0.4, -0.2) is 58.1 Å². The van der Waals surface area contributed by atoms with Gasteiger partial charge in [0.25, 0.3) is 0 Å². The van der Waals surface area contributed by atoms with Crippen molar-refractivity contribution in [2.75, 3.05) is 0 Å². The summed E-state index contributed by atoms with van der Waals surface area (Å²) in [7, 11) is -4.61. The maximum atomic E-state index is 7.33. The predicted octanol–water partition coefficient (Wildman–Crippen LogP) is -4.62. The first-order valence-corrected chi connectivity index (χ1v) is 2.68. The molecule has 0 atom stereocenters. The molecule has 6 N–H and O–H groups in total. The second kappa shape index (κ2) is 8.52. The molecule has 0 heterocycles. The van der Waals surface area contributed by atoms with Gasteiger partial charge in [-0.3, -0.25) is 0 Å². The first-order chi connectivity index (χ1) is 2.00. The summed E-state index contributed by atoms with van der Waals surface area (Å²) in [6.07, 6.45) is 0. The molecule has 8 heteroatoms. The van der Waals surface area contributed by atoms with Crippen molar-refractivity contribution in [3.63, 3.8) is 0 Å². The Morgan fingerprint density at radius 3 is 0.875 bits per heavy atom. The molecular formula is H9O5SbSiW. The van der Waals surface area contributed by atoms with Gasteiger partial charge in [-0.1, -0.05) is 0 Å². The van der Waals surface area contributed by atoms with Gasteiger partial charge in [-0.2, -0.15) is 0 Å². The van der Waals surface area contributed by atoms with Crippen LogP contribution in [0.4, 0.5) is 0 Å². The van der Waals surface area contributed by atoms with E-state index in [0.29, 0.717) is 0 Å². The summed E-state index contributed by atoms with van der Waals surface area (Å²) in [4.78, 5) is 29.3. The molecule has 0 aliphatic carbocycles. The minimum absolute atomic E-state index is 0. The van der Waals surface area contributed by atoms with E-state index in [9.17, 15) is 0 Å². The molecule has 0 rings (SSSR count). The third-order valence-electron chi connectivity index (χ3n) is 0. The Kier molecular flexibility index (Phi) is 24.2. The Bertz CT molecular complexity index is 27.9. The van der Waals surface area contributed by atoms with Gasteiger partial charge in [0, 0.05) is 21.1 Å². The van der Waals surface area contributed by atoms with Crippen LogP contribution in [0.1, 0.15) is 0 Å². The largest absolute Gasteiger partial charge is 0 e. The van der Waals surface area contributed by atoms with Crippen LogP contribution >= 0.6 is 0 Å². The Labute approximate surface area is 78.9 Å². The summed E-state index contributed by atoms with van der Waals surface area (Å²) in [5, 5.41) is 0. The van der Waals surface area contributed by atoms with Gasteiger partial charge in [0.05, 0.1) is 0 Å². The molecule has 0 amide bonds. The molecule has 0 radical (unpaired) electrons.